The van der Waals surface area contributed by atoms with Crippen molar-refractivity contribution in [3.05, 3.63) is 70.9 Å². The number of nitrogens with one attached hydrogen (secondary N) is 4. The number of aromatic nitrogens is 1. The lowest BCUT2D eigenvalue weighted by Gasteiger charge is -2.23. The average Bonchev–Trinajstić information content (AvgIpc) is 3.34. The first-order valence-electron chi connectivity index (χ1n) is 10.8. The number of hydrogen-bond donors (Lipinski definition) is 5. The molecule has 1 aliphatic heterocycles. The van der Waals surface area contributed by atoms with Gasteiger partial charge in [-0.15, -0.1) is 0 Å². The van der Waals surface area contributed by atoms with Crippen LogP contribution >= 0.6 is 0 Å². The molecule has 1 fully saturated rings. The summed E-state index contributed by atoms with van der Waals surface area (Å²) in [5.74, 6) is -0.801. The number of rotatable bonds is 8. The summed E-state index contributed by atoms with van der Waals surface area (Å²) in [5, 5.41) is 8.95. The maximum Gasteiger partial charge on any atom is 0.322 e. The Morgan fingerprint density at radius 2 is 2.03 bits per heavy atom. The summed E-state index contributed by atoms with van der Waals surface area (Å²) in [6.45, 7) is 2.95. The minimum absolute atomic E-state index is 0.141. The SMILES string of the molecule is CCNC(=O)c1cccc(CC(c2ccc3[nH]cc(CCN)c3c2)C2NC(=O)NC2=O)c1. The molecule has 2 atom stereocenters. The molecule has 166 valence electrons. The summed E-state index contributed by atoms with van der Waals surface area (Å²) in [6, 6.07) is 12.2. The van der Waals surface area contributed by atoms with Crippen molar-refractivity contribution >= 4 is 28.7 Å². The van der Waals surface area contributed by atoms with E-state index in [9.17, 15) is 14.4 Å². The second-order valence-corrected chi connectivity index (χ2v) is 7.97. The molecule has 4 rings (SSSR count). The van der Waals surface area contributed by atoms with E-state index in [0.717, 1.165) is 34.0 Å². The van der Waals surface area contributed by atoms with Crippen molar-refractivity contribution in [3.8, 4) is 0 Å². The van der Waals surface area contributed by atoms with Gasteiger partial charge >= 0.3 is 6.03 Å². The number of carbonyl (C=O) groups excluding carboxylic acids is 3. The number of urea groups is 1. The van der Waals surface area contributed by atoms with Crippen LogP contribution < -0.4 is 21.7 Å². The van der Waals surface area contributed by atoms with Crippen LogP contribution in [0.15, 0.2) is 48.7 Å². The van der Waals surface area contributed by atoms with Gasteiger partial charge in [-0.1, -0.05) is 18.2 Å². The van der Waals surface area contributed by atoms with Gasteiger partial charge in [0, 0.05) is 35.1 Å². The van der Waals surface area contributed by atoms with E-state index in [-0.39, 0.29) is 17.7 Å². The van der Waals surface area contributed by atoms with Crippen molar-refractivity contribution in [1.82, 2.24) is 20.9 Å². The first kappa shape index (κ1) is 21.6. The standard InChI is InChI=1S/C24H27N5O3/c1-2-26-22(30)16-5-3-4-14(10-16)11-19(21-23(31)29-24(32)28-21)15-6-7-20-18(12-15)17(8-9-25)13-27-20/h3-7,10,12-13,19,21,27H,2,8-9,11,25H2,1H3,(H,26,30)(H2,28,29,31,32). The van der Waals surface area contributed by atoms with Gasteiger partial charge in [0.25, 0.3) is 11.8 Å². The molecule has 8 heteroatoms. The summed E-state index contributed by atoms with van der Waals surface area (Å²) in [6.07, 6.45) is 3.17. The van der Waals surface area contributed by atoms with Crippen molar-refractivity contribution in [2.75, 3.05) is 13.1 Å². The Morgan fingerprint density at radius 1 is 1.19 bits per heavy atom. The van der Waals surface area contributed by atoms with Gasteiger partial charge in [0.05, 0.1) is 0 Å². The first-order chi connectivity index (χ1) is 15.5. The van der Waals surface area contributed by atoms with Crippen LogP contribution in [-0.2, 0) is 17.6 Å². The van der Waals surface area contributed by atoms with E-state index in [2.05, 4.69) is 27.0 Å². The number of aromatic amines is 1. The van der Waals surface area contributed by atoms with Crippen LogP contribution in [-0.4, -0.2) is 42.0 Å². The Labute approximate surface area is 185 Å². The van der Waals surface area contributed by atoms with Gasteiger partial charge in [-0.25, -0.2) is 4.79 Å². The number of carbonyl (C=O) groups is 3. The summed E-state index contributed by atoms with van der Waals surface area (Å²) in [5.41, 5.74) is 10.3. The number of imide groups is 1. The lowest BCUT2D eigenvalue weighted by atomic mass is 9.84. The van der Waals surface area contributed by atoms with Crippen molar-refractivity contribution in [2.45, 2.75) is 31.7 Å². The minimum atomic E-state index is -0.704. The van der Waals surface area contributed by atoms with Gasteiger partial charge in [0.2, 0.25) is 0 Å². The highest BCUT2D eigenvalue weighted by molar-refractivity contribution is 6.04. The normalized spacial score (nSPS) is 16.6. The molecule has 0 saturated carbocycles. The van der Waals surface area contributed by atoms with E-state index < -0.39 is 12.1 Å². The van der Waals surface area contributed by atoms with Crippen molar-refractivity contribution in [2.24, 2.45) is 5.73 Å². The van der Waals surface area contributed by atoms with Gasteiger partial charge in [0.1, 0.15) is 6.04 Å². The van der Waals surface area contributed by atoms with Gasteiger partial charge in [-0.2, -0.15) is 0 Å². The summed E-state index contributed by atoms with van der Waals surface area (Å²) in [7, 11) is 0. The highest BCUT2D eigenvalue weighted by atomic mass is 16.2. The van der Waals surface area contributed by atoms with Gasteiger partial charge in [-0.05, 0) is 67.3 Å². The molecule has 32 heavy (non-hydrogen) atoms. The molecule has 1 saturated heterocycles. The lowest BCUT2D eigenvalue weighted by Crippen LogP contribution is -2.36. The number of nitrogens with two attached hydrogens (primary N) is 1. The topological polar surface area (TPSA) is 129 Å². The second-order valence-electron chi connectivity index (χ2n) is 7.97. The zero-order valence-corrected chi connectivity index (χ0v) is 17.9. The summed E-state index contributed by atoms with van der Waals surface area (Å²) >= 11 is 0. The fourth-order valence-electron chi connectivity index (χ4n) is 4.29. The Balaban J connectivity index is 1.72. The molecule has 8 nitrogen and oxygen atoms in total. The summed E-state index contributed by atoms with van der Waals surface area (Å²) in [4.78, 5) is 39.9. The Kier molecular flexibility index (Phi) is 6.23. The number of amides is 4. The van der Waals surface area contributed by atoms with Crippen LogP contribution in [0.3, 0.4) is 0 Å². The average molecular weight is 434 g/mol. The monoisotopic (exact) mass is 433 g/mol. The molecule has 1 aliphatic rings. The largest absolute Gasteiger partial charge is 0.361 e. The molecule has 0 aliphatic carbocycles. The highest BCUT2D eigenvalue weighted by Crippen LogP contribution is 2.30. The van der Waals surface area contributed by atoms with Gasteiger partial charge in [-0.3, -0.25) is 14.9 Å². The van der Waals surface area contributed by atoms with Crippen LogP contribution in [0.25, 0.3) is 10.9 Å². The lowest BCUT2D eigenvalue weighted by molar-refractivity contribution is -0.120. The molecule has 0 spiro atoms. The van der Waals surface area contributed by atoms with Crippen molar-refractivity contribution < 1.29 is 14.4 Å². The molecule has 6 N–H and O–H groups in total. The number of hydrogen-bond acceptors (Lipinski definition) is 4. The van der Waals surface area contributed by atoms with Gasteiger partial charge < -0.3 is 21.4 Å². The maximum atomic E-state index is 12.6. The van der Waals surface area contributed by atoms with E-state index in [1.54, 1.807) is 6.07 Å². The minimum Gasteiger partial charge on any atom is -0.361 e. The van der Waals surface area contributed by atoms with E-state index in [1.807, 2.05) is 43.5 Å². The summed E-state index contributed by atoms with van der Waals surface area (Å²) < 4.78 is 0. The molecule has 1 aromatic heterocycles. The van der Waals surface area contributed by atoms with Crippen molar-refractivity contribution in [3.63, 3.8) is 0 Å². The van der Waals surface area contributed by atoms with Crippen LogP contribution in [0.5, 0.6) is 0 Å². The third kappa shape index (κ3) is 4.36. The third-order valence-corrected chi connectivity index (χ3v) is 5.82. The zero-order chi connectivity index (χ0) is 22.7. The zero-order valence-electron chi connectivity index (χ0n) is 17.9. The molecule has 2 aromatic carbocycles. The van der Waals surface area contributed by atoms with E-state index in [4.69, 9.17) is 5.73 Å². The Hall–Kier alpha value is -3.65. The molecule has 3 aromatic rings. The number of fused-ring (bicyclic) bond motifs is 1. The Morgan fingerprint density at radius 3 is 2.75 bits per heavy atom. The van der Waals surface area contributed by atoms with Crippen LogP contribution in [0.1, 0.15) is 39.9 Å². The maximum absolute atomic E-state index is 12.6. The van der Waals surface area contributed by atoms with Gasteiger partial charge in [0.15, 0.2) is 0 Å². The molecule has 4 amide bonds. The quantitative estimate of drug-likeness (QED) is 0.348. The molecular weight excluding hydrogens is 406 g/mol. The van der Waals surface area contributed by atoms with E-state index in [0.29, 0.717) is 25.1 Å². The van der Waals surface area contributed by atoms with E-state index >= 15 is 0 Å². The second kappa shape index (κ2) is 9.23. The third-order valence-electron chi connectivity index (χ3n) is 5.82. The van der Waals surface area contributed by atoms with E-state index in [1.165, 1.54) is 0 Å². The molecular formula is C24H27N5O3. The Bertz CT molecular complexity index is 1170. The number of benzene rings is 2. The molecule has 0 radical (unpaired) electrons. The highest BCUT2D eigenvalue weighted by Gasteiger charge is 2.37. The molecule has 0 bridgehead atoms. The smallest absolute Gasteiger partial charge is 0.322 e. The van der Waals surface area contributed by atoms with Crippen LogP contribution in [0.4, 0.5) is 4.79 Å². The number of H-pyrrole nitrogens is 1. The van der Waals surface area contributed by atoms with Crippen molar-refractivity contribution in [1.29, 1.82) is 0 Å². The fraction of sp³-hybridized carbons (Fsp3) is 0.292. The predicted molar refractivity (Wildman–Crippen MR) is 122 cm³/mol. The van der Waals surface area contributed by atoms with Crippen LogP contribution in [0.2, 0.25) is 0 Å². The van der Waals surface area contributed by atoms with Crippen LogP contribution in [0, 0.1) is 0 Å². The predicted octanol–water partition coefficient (Wildman–Crippen LogP) is 1.95. The molecule has 2 unspecified atom stereocenters. The fourth-order valence-corrected chi connectivity index (χ4v) is 4.29. The molecule has 2 heterocycles. The first-order valence-corrected chi connectivity index (χ1v) is 10.8.